The molecule has 0 radical (unpaired) electrons. The van der Waals surface area contributed by atoms with Gasteiger partial charge >= 0.3 is 18.3 Å². The highest BCUT2D eigenvalue weighted by atomic mass is 32.2. The largest absolute Gasteiger partial charge is 0.466 e. The number of anilines is 1. The van der Waals surface area contributed by atoms with Crippen molar-refractivity contribution in [1.82, 2.24) is 4.90 Å². The number of nitrogens with one attached hydrogen (secondary N) is 1. The summed E-state index contributed by atoms with van der Waals surface area (Å²) in [5, 5.41) is 2.42. The molecule has 0 saturated carbocycles. The van der Waals surface area contributed by atoms with Crippen LogP contribution in [0.5, 0.6) is 0 Å². The van der Waals surface area contributed by atoms with Crippen LogP contribution in [0.15, 0.2) is 47.4 Å². The number of halogens is 6. The molecule has 2 aromatic carbocycles. The molecule has 0 spiro atoms. The van der Waals surface area contributed by atoms with Gasteiger partial charge in [0.15, 0.2) is 10.3 Å². The van der Waals surface area contributed by atoms with Crippen LogP contribution < -0.4 is 5.32 Å². The minimum absolute atomic E-state index is 0.0479. The Morgan fingerprint density at radius 1 is 1.03 bits per heavy atom. The topological polar surface area (TPSA) is 92.8 Å². The molecule has 3 rings (SSSR count). The first kappa shape index (κ1) is 30.1. The number of ether oxygens (including phenoxy) is 1. The van der Waals surface area contributed by atoms with E-state index in [1.165, 1.54) is 25.0 Å². The molecule has 212 valence electrons. The first-order chi connectivity index (χ1) is 18.0. The van der Waals surface area contributed by atoms with Gasteiger partial charge in [-0.1, -0.05) is 18.2 Å². The fraction of sp³-hybridized carbons (Fsp3) is 0.400. The number of alkyl halides is 6. The lowest BCUT2D eigenvalue weighted by Crippen LogP contribution is -2.55. The van der Waals surface area contributed by atoms with E-state index in [4.69, 9.17) is 0 Å². The predicted molar refractivity (Wildman–Crippen MR) is 129 cm³/mol. The maximum absolute atomic E-state index is 14.0. The van der Waals surface area contributed by atoms with Gasteiger partial charge in [-0.3, -0.25) is 14.4 Å². The number of thiol groups is 1. The van der Waals surface area contributed by atoms with E-state index < -0.39 is 71.0 Å². The highest BCUT2D eigenvalue weighted by Gasteiger charge is 2.72. The number of carbonyl (C=O) groups excluding carboxylic acids is 3. The predicted octanol–water partition coefficient (Wildman–Crippen LogP) is 4.73. The molecule has 1 N–H and O–H groups in total. The molecule has 0 bridgehead atoms. The normalized spacial score (nSPS) is 16.4. The zero-order chi connectivity index (χ0) is 29.3. The Kier molecular flexibility index (Phi) is 8.49. The SMILES string of the molecule is CCOC(=O)CC(c1ccc(NC(=O)C2c3ccc([SH+](C)=O)cc3CN2C(C)=O)cc1)(C(F)(F)F)C(F)(F)F. The molecule has 0 aromatic heterocycles. The number of rotatable bonds is 7. The fourth-order valence-corrected chi connectivity index (χ4v) is 5.10. The minimum atomic E-state index is -5.90. The summed E-state index contributed by atoms with van der Waals surface area (Å²) in [4.78, 5) is 38.9. The molecule has 0 aliphatic carbocycles. The molecule has 2 amide bonds. The summed E-state index contributed by atoms with van der Waals surface area (Å²) in [5.74, 6) is -2.89. The first-order valence-electron chi connectivity index (χ1n) is 11.5. The average molecular weight is 580 g/mol. The van der Waals surface area contributed by atoms with Gasteiger partial charge in [0.1, 0.15) is 23.1 Å². The van der Waals surface area contributed by atoms with E-state index in [-0.39, 0.29) is 12.2 Å². The lowest BCUT2D eigenvalue weighted by molar-refractivity contribution is -0.305. The summed E-state index contributed by atoms with van der Waals surface area (Å²) in [5.41, 5.74) is -4.90. The Hall–Kier alpha value is -3.42. The molecule has 14 heteroatoms. The molecule has 0 saturated heterocycles. The third-order valence-corrected chi connectivity index (χ3v) is 7.42. The second kappa shape index (κ2) is 11.0. The Labute approximate surface area is 222 Å². The number of esters is 1. The van der Waals surface area contributed by atoms with Gasteiger partial charge in [0.05, 0.1) is 13.0 Å². The summed E-state index contributed by atoms with van der Waals surface area (Å²) in [7, 11) is -1.68. The number of amides is 2. The lowest BCUT2D eigenvalue weighted by atomic mass is 9.76. The molecule has 39 heavy (non-hydrogen) atoms. The summed E-state index contributed by atoms with van der Waals surface area (Å²) in [6.45, 7) is 2.12. The average Bonchev–Trinajstić information content (AvgIpc) is 3.21. The number of fused-ring (bicyclic) bond motifs is 1. The van der Waals surface area contributed by atoms with Crippen molar-refractivity contribution in [1.29, 1.82) is 0 Å². The fourth-order valence-electron chi connectivity index (χ4n) is 4.48. The van der Waals surface area contributed by atoms with Gasteiger partial charge in [0, 0.05) is 19.2 Å². The van der Waals surface area contributed by atoms with Crippen molar-refractivity contribution in [2.24, 2.45) is 0 Å². The molecule has 2 atom stereocenters. The summed E-state index contributed by atoms with van der Waals surface area (Å²) in [6, 6.07) is 6.35. The second-order valence-electron chi connectivity index (χ2n) is 8.88. The van der Waals surface area contributed by atoms with Crippen LogP contribution in [-0.4, -0.2) is 47.9 Å². The number of hydrogen-bond acceptors (Lipinski definition) is 5. The van der Waals surface area contributed by atoms with E-state index in [0.29, 0.717) is 28.2 Å². The van der Waals surface area contributed by atoms with Crippen LogP contribution in [-0.2, 0) is 46.1 Å². The summed E-state index contributed by atoms with van der Waals surface area (Å²) < 4.78 is 100.0. The highest BCUT2D eigenvalue weighted by molar-refractivity contribution is 7.84. The van der Waals surface area contributed by atoms with E-state index in [2.05, 4.69) is 10.1 Å². The van der Waals surface area contributed by atoms with E-state index in [9.17, 15) is 44.9 Å². The highest BCUT2D eigenvalue weighted by Crippen LogP contribution is 2.54. The Balaban J connectivity index is 1.95. The lowest BCUT2D eigenvalue weighted by Gasteiger charge is -2.37. The van der Waals surface area contributed by atoms with Gasteiger partial charge < -0.3 is 15.0 Å². The van der Waals surface area contributed by atoms with Crippen LogP contribution in [0.1, 0.15) is 43.0 Å². The number of hydrogen-bond donors (Lipinski definition) is 1. The minimum Gasteiger partial charge on any atom is -0.466 e. The van der Waals surface area contributed by atoms with Crippen LogP contribution in [0.4, 0.5) is 32.0 Å². The monoisotopic (exact) mass is 579 g/mol. The van der Waals surface area contributed by atoms with Crippen LogP contribution in [0.2, 0.25) is 0 Å². The van der Waals surface area contributed by atoms with E-state index in [0.717, 1.165) is 12.1 Å². The molecule has 1 aliphatic heterocycles. The number of benzene rings is 2. The van der Waals surface area contributed by atoms with Crippen LogP contribution in [0.3, 0.4) is 0 Å². The van der Waals surface area contributed by atoms with Crippen molar-refractivity contribution in [2.75, 3.05) is 18.2 Å². The first-order valence-corrected chi connectivity index (χ1v) is 13.3. The van der Waals surface area contributed by atoms with Gasteiger partial charge in [0.2, 0.25) is 5.91 Å². The van der Waals surface area contributed by atoms with Crippen molar-refractivity contribution in [2.45, 2.75) is 55.5 Å². The van der Waals surface area contributed by atoms with Crippen LogP contribution in [0.25, 0.3) is 0 Å². The second-order valence-corrected chi connectivity index (χ2v) is 10.4. The molecule has 0 fully saturated rings. The number of carbonyl (C=O) groups is 3. The van der Waals surface area contributed by atoms with E-state index >= 15 is 0 Å². The molecule has 2 aromatic rings. The van der Waals surface area contributed by atoms with E-state index in [1.54, 1.807) is 18.2 Å². The van der Waals surface area contributed by atoms with Crippen molar-refractivity contribution >= 4 is 34.3 Å². The van der Waals surface area contributed by atoms with Crippen molar-refractivity contribution in [3.05, 3.63) is 59.2 Å². The zero-order valence-corrected chi connectivity index (χ0v) is 21.8. The Morgan fingerprint density at radius 2 is 1.62 bits per heavy atom. The van der Waals surface area contributed by atoms with Crippen LogP contribution in [0, 0.1) is 0 Å². The van der Waals surface area contributed by atoms with Gasteiger partial charge in [-0.15, -0.1) is 4.21 Å². The van der Waals surface area contributed by atoms with Gasteiger partial charge in [0.25, 0.3) is 5.91 Å². The molecule has 7 nitrogen and oxygen atoms in total. The van der Waals surface area contributed by atoms with Crippen molar-refractivity contribution in [3.63, 3.8) is 0 Å². The smallest absolute Gasteiger partial charge is 0.407 e. The summed E-state index contributed by atoms with van der Waals surface area (Å²) in [6.07, 6.45) is -12.3. The summed E-state index contributed by atoms with van der Waals surface area (Å²) >= 11 is 0. The molecular formula is C25H25F6N2O5S+. The van der Waals surface area contributed by atoms with Crippen LogP contribution >= 0.6 is 0 Å². The third kappa shape index (κ3) is 5.80. The maximum atomic E-state index is 14.0. The Morgan fingerprint density at radius 3 is 2.10 bits per heavy atom. The third-order valence-electron chi connectivity index (χ3n) is 6.42. The standard InChI is InChI=1S/C25H24F6N2O5S/c1-4-38-20(35)12-23(24(26,27)28,25(29,30)31)16-5-7-17(8-6-16)32-22(36)21-19-10-9-18(39(3)37)11-15(19)13-33(21)14(2)34/h5-11,21H,4,12-13H2,1-3H3,(H,32,36)/p+1. The maximum Gasteiger partial charge on any atom is 0.407 e. The van der Waals surface area contributed by atoms with Crippen molar-refractivity contribution < 1.29 is 49.7 Å². The van der Waals surface area contributed by atoms with Gasteiger partial charge in [-0.25, -0.2) is 0 Å². The quantitative estimate of drug-likeness (QED) is 0.222. The molecule has 1 heterocycles. The number of nitrogens with zero attached hydrogens (tertiary/aromatic N) is 1. The zero-order valence-electron chi connectivity index (χ0n) is 20.9. The van der Waals surface area contributed by atoms with Crippen molar-refractivity contribution in [3.8, 4) is 0 Å². The van der Waals surface area contributed by atoms with Gasteiger partial charge in [-0.05, 0) is 47.9 Å². The van der Waals surface area contributed by atoms with E-state index in [1.807, 2.05) is 0 Å². The molecule has 1 aliphatic rings. The molecular weight excluding hydrogens is 554 g/mol. The Bertz CT molecular complexity index is 1280. The van der Waals surface area contributed by atoms with Gasteiger partial charge in [-0.2, -0.15) is 26.3 Å². The molecule has 2 unspecified atom stereocenters.